The number of benzene rings is 5. The topological polar surface area (TPSA) is 76.2 Å². The minimum absolute atomic E-state index is 0.154. The summed E-state index contributed by atoms with van der Waals surface area (Å²) in [5.41, 5.74) is 3.14. The summed E-state index contributed by atoms with van der Waals surface area (Å²) in [6.45, 7) is 4.54. The SMILES string of the molecule is CCOc1cc(/C=C2\C(=O)N(c3ccc(C)cc3)C(=O)N(c3cccc4ccccc34)C2=O)ccc1OCc1ccccc1. The second kappa shape index (κ2) is 12.3. The maximum Gasteiger partial charge on any atom is 0.343 e. The van der Waals surface area contributed by atoms with E-state index in [0.717, 1.165) is 26.3 Å². The van der Waals surface area contributed by atoms with Crippen molar-refractivity contribution >= 4 is 46.1 Å². The average Bonchev–Trinajstić information content (AvgIpc) is 3.04. The first-order chi connectivity index (χ1) is 21.4. The van der Waals surface area contributed by atoms with Crippen LogP contribution in [0.3, 0.4) is 0 Å². The maximum atomic E-state index is 14.1. The van der Waals surface area contributed by atoms with Gasteiger partial charge in [0.05, 0.1) is 18.0 Å². The highest BCUT2D eigenvalue weighted by atomic mass is 16.5. The molecule has 1 heterocycles. The summed E-state index contributed by atoms with van der Waals surface area (Å²) in [6.07, 6.45) is 1.50. The van der Waals surface area contributed by atoms with Gasteiger partial charge in [0, 0.05) is 5.39 Å². The van der Waals surface area contributed by atoms with E-state index >= 15 is 0 Å². The van der Waals surface area contributed by atoms with Crippen molar-refractivity contribution in [2.24, 2.45) is 0 Å². The molecular weight excluding hydrogens is 552 g/mol. The Morgan fingerprint density at radius 3 is 2.16 bits per heavy atom. The molecule has 0 aromatic heterocycles. The van der Waals surface area contributed by atoms with E-state index in [2.05, 4.69) is 0 Å². The summed E-state index contributed by atoms with van der Waals surface area (Å²) in [4.78, 5) is 44.2. The highest BCUT2D eigenvalue weighted by Gasteiger charge is 2.44. The van der Waals surface area contributed by atoms with Crippen LogP contribution in [0.15, 0.2) is 121 Å². The van der Waals surface area contributed by atoms with E-state index < -0.39 is 17.8 Å². The number of hydrogen-bond donors (Lipinski definition) is 0. The predicted octanol–water partition coefficient (Wildman–Crippen LogP) is 7.71. The minimum Gasteiger partial charge on any atom is -0.490 e. The van der Waals surface area contributed by atoms with Crippen molar-refractivity contribution in [3.05, 3.63) is 138 Å². The van der Waals surface area contributed by atoms with Crippen molar-refractivity contribution in [3.8, 4) is 11.5 Å². The van der Waals surface area contributed by atoms with Crippen LogP contribution in [-0.4, -0.2) is 24.5 Å². The van der Waals surface area contributed by atoms with Crippen LogP contribution in [0, 0.1) is 6.92 Å². The van der Waals surface area contributed by atoms with Gasteiger partial charge in [-0.25, -0.2) is 14.6 Å². The van der Waals surface area contributed by atoms with E-state index in [1.165, 1.54) is 6.08 Å². The fourth-order valence-corrected chi connectivity index (χ4v) is 5.17. The van der Waals surface area contributed by atoms with Crippen LogP contribution in [0.2, 0.25) is 0 Å². The Balaban J connectivity index is 1.43. The highest BCUT2D eigenvalue weighted by molar-refractivity contribution is 6.46. The number of anilines is 2. The van der Waals surface area contributed by atoms with Gasteiger partial charge in [0.15, 0.2) is 11.5 Å². The second-order valence-electron chi connectivity index (χ2n) is 10.4. The quantitative estimate of drug-likeness (QED) is 0.138. The summed E-state index contributed by atoms with van der Waals surface area (Å²) >= 11 is 0. The monoisotopic (exact) mass is 582 g/mol. The Bertz CT molecular complexity index is 1890. The number of urea groups is 1. The molecule has 6 rings (SSSR count). The summed E-state index contributed by atoms with van der Waals surface area (Å²) in [6, 6.07) is 34.2. The molecule has 0 unspecified atom stereocenters. The molecule has 7 heteroatoms. The van der Waals surface area contributed by atoms with E-state index in [0.29, 0.717) is 47.0 Å². The van der Waals surface area contributed by atoms with Crippen molar-refractivity contribution in [2.45, 2.75) is 20.5 Å². The number of imide groups is 2. The van der Waals surface area contributed by atoms with Gasteiger partial charge in [-0.1, -0.05) is 90.5 Å². The van der Waals surface area contributed by atoms with E-state index in [1.807, 2.05) is 86.6 Å². The number of aryl methyl sites for hydroxylation is 1. The zero-order valence-electron chi connectivity index (χ0n) is 24.4. The lowest BCUT2D eigenvalue weighted by molar-refractivity contribution is -0.121. The molecule has 218 valence electrons. The number of carbonyl (C=O) groups excluding carboxylic acids is 3. The van der Waals surface area contributed by atoms with Gasteiger partial charge in [0.2, 0.25) is 0 Å². The van der Waals surface area contributed by atoms with Gasteiger partial charge in [0.1, 0.15) is 12.2 Å². The summed E-state index contributed by atoms with van der Waals surface area (Å²) in [5.74, 6) is -0.399. The molecule has 0 N–H and O–H groups in total. The van der Waals surface area contributed by atoms with Gasteiger partial charge in [-0.3, -0.25) is 9.59 Å². The van der Waals surface area contributed by atoms with E-state index in [1.54, 1.807) is 42.5 Å². The van der Waals surface area contributed by atoms with Crippen molar-refractivity contribution in [3.63, 3.8) is 0 Å². The third kappa shape index (κ3) is 5.55. The van der Waals surface area contributed by atoms with E-state index in [9.17, 15) is 14.4 Å². The third-order valence-corrected chi connectivity index (χ3v) is 7.37. The molecule has 0 bridgehead atoms. The molecule has 5 aromatic rings. The van der Waals surface area contributed by atoms with Gasteiger partial charge < -0.3 is 9.47 Å². The molecule has 0 spiro atoms. The van der Waals surface area contributed by atoms with Crippen molar-refractivity contribution in [1.82, 2.24) is 0 Å². The van der Waals surface area contributed by atoms with E-state index in [4.69, 9.17) is 9.47 Å². The van der Waals surface area contributed by atoms with Crippen LogP contribution in [0.5, 0.6) is 11.5 Å². The Labute approximate surface area is 255 Å². The summed E-state index contributed by atoms with van der Waals surface area (Å²) < 4.78 is 11.9. The van der Waals surface area contributed by atoms with Crippen LogP contribution in [-0.2, 0) is 16.2 Å². The molecule has 1 aliphatic rings. The van der Waals surface area contributed by atoms with Crippen LogP contribution < -0.4 is 19.3 Å². The van der Waals surface area contributed by atoms with Gasteiger partial charge in [-0.2, -0.15) is 0 Å². The lowest BCUT2D eigenvalue weighted by atomic mass is 10.0. The minimum atomic E-state index is -0.739. The average molecular weight is 583 g/mol. The second-order valence-corrected chi connectivity index (χ2v) is 10.4. The first-order valence-electron chi connectivity index (χ1n) is 14.4. The highest BCUT2D eigenvalue weighted by Crippen LogP contribution is 2.35. The van der Waals surface area contributed by atoms with E-state index in [-0.39, 0.29) is 5.57 Å². The lowest BCUT2D eigenvalue weighted by Crippen LogP contribution is -2.57. The van der Waals surface area contributed by atoms with Crippen molar-refractivity contribution < 1.29 is 23.9 Å². The van der Waals surface area contributed by atoms with Crippen LogP contribution in [0.1, 0.15) is 23.6 Å². The smallest absolute Gasteiger partial charge is 0.343 e. The molecule has 1 fully saturated rings. The zero-order chi connectivity index (χ0) is 30.6. The molecule has 7 nitrogen and oxygen atoms in total. The Morgan fingerprint density at radius 1 is 0.682 bits per heavy atom. The molecule has 0 aliphatic carbocycles. The Hall–Kier alpha value is -5.69. The molecule has 5 aromatic carbocycles. The number of ether oxygens (including phenoxy) is 2. The van der Waals surface area contributed by atoms with Crippen LogP contribution in [0.25, 0.3) is 16.8 Å². The standard InChI is InChI=1S/C37H30N2O5/c1-3-43-34-23-27(18-21-33(34)44-24-26-10-5-4-6-11-26)22-31-35(40)38(29-19-16-25(2)17-20-29)37(42)39(36(31)41)32-15-9-13-28-12-7-8-14-30(28)32/h4-23H,3,24H2,1-2H3/b31-22+. The molecule has 0 saturated carbocycles. The molecule has 1 aliphatic heterocycles. The molecule has 0 radical (unpaired) electrons. The number of hydrogen-bond acceptors (Lipinski definition) is 5. The van der Waals surface area contributed by atoms with Crippen LogP contribution >= 0.6 is 0 Å². The normalized spacial score (nSPS) is 14.4. The number of fused-ring (bicyclic) bond motifs is 1. The van der Waals surface area contributed by atoms with Gasteiger partial charge in [-0.05, 0) is 66.8 Å². The number of nitrogens with zero attached hydrogens (tertiary/aromatic N) is 2. The molecule has 0 atom stereocenters. The summed E-state index contributed by atoms with van der Waals surface area (Å²) in [5, 5.41) is 1.58. The maximum absolute atomic E-state index is 14.1. The number of amides is 4. The first-order valence-corrected chi connectivity index (χ1v) is 14.4. The van der Waals surface area contributed by atoms with Crippen LogP contribution in [0.4, 0.5) is 16.2 Å². The van der Waals surface area contributed by atoms with Gasteiger partial charge >= 0.3 is 6.03 Å². The van der Waals surface area contributed by atoms with Crippen molar-refractivity contribution in [1.29, 1.82) is 0 Å². The number of rotatable bonds is 8. The molecule has 44 heavy (non-hydrogen) atoms. The first kappa shape index (κ1) is 28.4. The fourth-order valence-electron chi connectivity index (χ4n) is 5.17. The van der Waals surface area contributed by atoms with Crippen molar-refractivity contribution in [2.75, 3.05) is 16.4 Å². The number of carbonyl (C=O) groups is 3. The Kier molecular flexibility index (Phi) is 7.93. The third-order valence-electron chi connectivity index (χ3n) is 7.37. The Morgan fingerprint density at radius 2 is 1.39 bits per heavy atom. The largest absolute Gasteiger partial charge is 0.490 e. The lowest BCUT2D eigenvalue weighted by Gasteiger charge is -2.34. The van der Waals surface area contributed by atoms with Gasteiger partial charge in [0.25, 0.3) is 11.8 Å². The molecule has 1 saturated heterocycles. The molecular formula is C37H30N2O5. The summed E-state index contributed by atoms with van der Waals surface area (Å²) in [7, 11) is 0. The van der Waals surface area contributed by atoms with Gasteiger partial charge in [-0.15, -0.1) is 0 Å². The molecule has 4 amide bonds. The fraction of sp³-hybridized carbons (Fsp3) is 0.108. The predicted molar refractivity (Wildman–Crippen MR) is 172 cm³/mol. The number of barbiturate groups is 1. The zero-order valence-corrected chi connectivity index (χ0v) is 24.4.